The van der Waals surface area contributed by atoms with Crippen molar-refractivity contribution < 1.29 is 4.79 Å². The number of aryl methyl sites for hydroxylation is 2. The number of carbonyl (C=O) groups excluding carboxylic acids is 1. The van der Waals surface area contributed by atoms with Crippen LogP contribution < -0.4 is 5.32 Å². The lowest BCUT2D eigenvalue weighted by Crippen LogP contribution is -2.24. The molecule has 1 aromatic heterocycles. The van der Waals surface area contributed by atoms with Crippen LogP contribution in [0, 0.1) is 6.92 Å². The molecule has 1 aliphatic carbocycles. The van der Waals surface area contributed by atoms with E-state index in [0.29, 0.717) is 12.2 Å². The molecule has 1 heterocycles. The predicted octanol–water partition coefficient (Wildman–Crippen LogP) is 2.15. The summed E-state index contributed by atoms with van der Waals surface area (Å²) in [5.41, 5.74) is 5.27. The van der Waals surface area contributed by atoms with Gasteiger partial charge in [-0.15, -0.1) is 0 Å². The molecule has 3 rings (SSSR count). The van der Waals surface area contributed by atoms with E-state index >= 15 is 0 Å². The fourth-order valence-corrected chi connectivity index (χ4v) is 2.88. The Balaban J connectivity index is 1.73. The number of amides is 1. The van der Waals surface area contributed by atoms with Gasteiger partial charge < -0.3 is 5.32 Å². The average Bonchev–Trinajstić information content (AvgIpc) is 3.01. The lowest BCUT2D eigenvalue weighted by Gasteiger charge is -2.05. The molecule has 1 amide bonds. The molecule has 0 atom stereocenters. The van der Waals surface area contributed by atoms with Crippen molar-refractivity contribution in [2.24, 2.45) is 7.05 Å². The second-order valence-electron chi connectivity index (χ2n) is 5.42. The third-order valence-electron chi connectivity index (χ3n) is 3.87. The van der Waals surface area contributed by atoms with Gasteiger partial charge in [0, 0.05) is 24.8 Å². The molecular weight excluding hydrogens is 250 g/mol. The summed E-state index contributed by atoms with van der Waals surface area (Å²) in [6.07, 6.45) is 3.12. The van der Waals surface area contributed by atoms with Gasteiger partial charge in [-0.3, -0.25) is 9.48 Å². The minimum atomic E-state index is -0.0646. The Labute approximate surface area is 118 Å². The topological polar surface area (TPSA) is 46.9 Å². The Morgan fingerprint density at radius 2 is 2.25 bits per heavy atom. The number of hydrogen-bond acceptors (Lipinski definition) is 2. The van der Waals surface area contributed by atoms with Gasteiger partial charge in [0.1, 0.15) is 0 Å². The van der Waals surface area contributed by atoms with Crippen molar-refractivity contribution in [3.8, 4) is 0 Å². The molecule has 1 N–H and O–H groups in total. The number of rotatable bonds is 3. The molecule has 2 aromatic rings. The van der Waals surface area contributed by atoms with Gasteiger partial charge >= 0.3 is 0 Å². The maximum Gasteiger partial charge on any atom is 0.272 e. The van der Waals surface area contributed by atoms with E-state index in [-0.39, 0.29) is 5.91 Å². The van der Waals surface area contributed by atoms with Crippen LogP contribution in [0.25, 0.3) is 0 Å². The molecule has 0 saturated carbocycles. The summed E-state index contributed by atoms with van der Waals surface area (Å²) in [6.45, 7) is 2.60. The molecule has 20 heavy (non-hydrogen) atoms. The highest BCUT2D eigenvalue weighted by Gasteiger charge is 2.24. The van der Waals surface area contributed by atoms with Crippen LogP contribution in [0.2, 0.25) is 0 Å². The summed E-state index contributed by atoms with van der Waals surface area (Å²) in [5, 5.41) is 7.34. The van der Waals surface area contributed by atoms with Crippen LogP contribution in [-0.2, 0) is 26.4 Å². The zero-order chi connectivity index (χ0) is 14.1. The molecule has 104 valence electrons. The van der Waals surface area contributed by atoms with Crippen LogP contribution in [0.1, 0.15) is 39.3 Å². The number of carbonyl (C=O) groups is 1. The van der Waals surface area contributed by atoms with Gasteiger partial charge in [0.15, 0.2) is 5.69 Å². The second kappa shape index (κ2) is 5.12. The molecule has 1 aromatic carbocycles. The largest absolute Gasteiger partial charge is 0.347 e. The third-order valence-corrected chi connectivity index (χ3v) is 3.87. The van der Waals surface area contributed by atoms with E-state index < -0.39 is 0 Å². The van der Waals surface area contributed by atoms with Crippen molar-refractivity contribution >= 4 is 5.91 Å². The molecule has 4 heteroatoms. The molecule has 1 aliphatic rings. The zero-order valence-corrected chi connectivity index (χ0v) is 11.9. The minimum Gasteiger partial charge on any atom is -0.347 e. The molecular formula is C16H19N3O. The standard InChI is InChI=1S/C16H19N3O/c1-11-5-3-6-12(9-11)10-17-16(20)15-13-7-4-8-14(13)19(2)18-15/h3,5-6,9H,4,7-8,10H2,1-2H3,(H,17,20). The fraction of sp³-hybridized carbons (Fsp3) is 0.375. The van der Waals surface area contributed by atoms with Crippen LogP contribution in [0.5, 0.6) is 0 Å². The minimum absolute atomic E-state index is 0.0646. The second-order valence-corrected chi connectivity index (χ2v) is 5.42. The van der Waals surface area contributed by atoms with E-state index in [4.69, 9.17) is 0 Å². The predicted molar refractivity (Wildman–Crippen MR) is 77.6 cm³/mol. The Morgan fingerprint density at radius 3 is 3.05 bits per heavy atom. The summed E-state index contributed by atoms with van der Waals surface area (Å²) in [7, 11) is 1.92. The number of nitrogens with one attached hydrogen (secondary N) is 1. The Hall–Kier alpha value is -2.10. The first kappa shape index (κ1) is 12.9. The van der Waals surface area contributed by atoms with Crippen LogP contribution in [-0.4, -0.2) is 15.7 Å². The van der Waals surface area contributed by atoms with Gasteiger partial charge in [-0.05, 0) is 31.7 Å². The van der Waals surface area contributed by atoms with Gasteiger partial charge in [-0.2, -0.15) is 5.10 Å². The molecule has 0 fully saturated rings. The van der Waals surface area contributed by atoms with E-state index in [2.05, 4.69) is 29.5 Å². The van der Waals surface area contributed by atoms with E-state index in [9.17, 15) is 4.79 Å². The first-order valence-corrected chi connectivity index (χ1v) is 7.03. The molecule has 0 unspecified atom stereocenters. The van der Waals surface area contributed by atoms with Crippen molar-refractivity contribution in [1.29, 1.82) is 0 Å². The molecule has 0 radical (unpaired) electrons. The smallest absolute Gasteiger partial charge is 0.272 e. The van der Waals surface area contributed by atoms with Gasteiger partial charge in [0.25, 0.3) is 5.91 Å². The van der Waals surface area contributed by atoms with Gasteiger partial charge in [0.05, 0.1) is 0 Å². The zero-order valence-electron chi connectivity index (χ0n) is 11.9. The van der Waals surface area contributed by atoms with Crippen LogP contribution in [0.3, 0.4) is 0 Å². The number of nitrogens with zero attached hydrogens (tertiary/aromatic N) is 2. The normalized spacial score (nSPS) is 13.3. The van der Waals surface area contributed by atoms with Crippen LogP contribution in [0.4, 0.5) is 0 Å². The summed E-state index contributed by atoms with van der Waals surface area (Å²) < 4.78 is 1.85. The first-order valence-electron chi connectivity index (χ1n) is 7.03. The quantitative estimate of drug-likeness (QED) is 0.928. The fourth-order valence-electron chi connectivity index (χ4n) is 2.88. The summed E-state index contributed by atoms with van der Waals surface area (Å²) in [4.78, 5) is 12.3. The third kappa shape index (κ3) is 2.33. The van der Waals surface area contributed by atoms with Crippen LogP contribution >= 0.6 is 0 Å². The molecule has 0 spiro atoms. The molecule has 0 saturated heterocycles. The number of fused-ring (bicyclic) bond motifs is 1. The van der Waals surface area contributed by atoms with Crippen molar-refractivity contribution in [2.45, 2.75) is 32.7 Å². The maximum atomic E-state index is 12.3. The maximum absolute atomic E-state index is 12.3. The van der Waals surface area contributed by atoms with E-state index in [0.717, 1.165) is 30.4 Å². The summed E-state index contributed by atoms with van der Waals surface area (Å²) in [6, 6.07) is 8.17. The van der Waals surface area contributed by atoms with E-state index in [1.807, 2.05) is 23.9 Å². The van der Waals surface area contributed by atoms with Gasteiger partial charge in [-0.25, -0.2) is 0 Å². The molecule has 0 bridgehead atoms. The molecule has 4 nitrogen and oxygen atoms in total. The first-order chi connectivity index (χ1) is 9.65. The van der Waals surface area contributed by atoms with Crippen molar-refractivity contribution in [3.05, 3.63) is 52.3 Å². The Kier molecular flexibility index (Phi) is 3.30. The monoisotopic (exact) mass is 269 g/mol. The number of benzene rings is 1. The highest BCUT2D eigenvalue weighted by Crippen LogP contribution is 2.24. The van der Waals surface area contributed by atoms with Crippen molar-refractivity contribution in [1.82, 2.24) is 15.1 Å². The van der Waals surface area contributed by atoms with Crippen molar-refractivity contribution in [2.75, 3.05) is 0 Å². The van der Waals surface area contributed by atoms with Crippen molar-refractivity contribution in [3.63, 3.8) is 0 Å². The van der Waals surface area contributed by atoms with Gasteiger partial charge in [-0.1, -0.05) is 29.8 Å². The average molecular weight is 269 g/mol. The summed E-state index contributed by atoms with van der Waals surface area (Å²) >= 11 is 0. The highest BCUT2D eigenvalue weighted by molar-refractivity contribution is 5.94. The Morgan fingerprint density at radius 1 is 1.40 bits per heavy atom. The highest BCUT2D eigenvalue weighted by atomic mass is 16.1. The molecule has 0 aliphatic heterocycles. The lowest BCUT2D eigenvalue weighted by atomic mass is 10.1. The van der Waals surface area contributed by atoms with E-state index in [1.165, 1.54) is 11.3 Å². The van der Waals surface area contributed by atoms with Crippen LogP contribution in [0.15, 0.2) is 24.3 Å². The Bertz CT molecular complexity index is 658. The van der Waals surface area contributed by atoms with E-state index in [1.54, 1.807) is 0 Å². The van der Waals surface area contributed by atoms with Gasteiger partial charge in [0.2, 0.25) is 0 Å². The SMILES string of the molecule is Cc1cccc(CNC(=O)c2nn(C)c3c2CCC3)c1. The summed E-state index contributed by atoms with van der Waals surface area (Å²) in [5.74, 6) is -0.0646. The number of aromatic nitrogens is 2. The number of hydrogen-bond donors (Lipinski definition) is 1. The lowest BCUT2D eigenvalue weighted by molar-refractivity contribution is 0.0944.